The number of aromatic nitrogens is 3. The number of hydrogen-bond acceptors (Lipinski definition) is 5. The molecule has 0 spiro atoms. The van der Waals surface area contributed by atoms with E-state index >= 15 is 0 Å². The minimum atomic E-state index is -0.257. The monoisotopic (exact) mass is 402 g/mol. The van der Waals surface area contributed by atoms with E-state index in [1.54, 1.807) is 13.0 Å². The number of carbonyl (C=O) groups excluding carboxylic acids is 1. The third-order valence-corrected chi connectivity index (χ3v) is 5.26. The van der Waals surface area contributed by atoms with E-state index in [-0.39, 0.29) is 22.3 Å². The summed E-state index contributed by atoms with van der Waals surface area (Å²) < 4.78 is 0. The van der Waals surface area contributed by atoms with Gasteiger partial charge >= 0.3 is 0 Å². The summed E-state index contributed by atoms with van der Waals surface area (Å²) in [5.74, 6) is 0.768. The van der Waals surface area contributed by atoms with Gasteiger partial charge in [-0.1, -0.05) is 23.2 Å². The van der Waals surface area contributed by atoms with E-state index in [2.05, 4.69) is 25.2 Å². The van der Waals surface area contributed by atoms with Crippen molar-refractivity contribution in [2.75, 3.05) is 23.7 Å². The number of hydrogen-bond donors (Lipinski definition) is 3. The molecule has 0 atom stereocenters. The third kappa shape index (κ3) is 3.94. The zero-order chi connectivity index (χ0) is 18.1. The lowest BCUT2D eigenvalue weighted by Crippen LogP contribution is -2.45. The molecule has 0 saturated carbocycles. The quantitative estimate of drug-likeness (QED) is 0.684. The summed E-state index contributed by atoms with van der Waals surface area (Å²) in [4.78, 5) is 25.4. The molecule has 1 aliphatic rings. The number of aromatic amines is 1. The standard InChI is InChI=1S/C15H17Cl3N6O/c1-7-11(16)12(17)13(20-7)14(25)21-8-2-4-24(5-3-8)10-6-9(19)22-15(18)23-10/h6,8,20H,2-5H2,1H3,(H,21,25)(H2,19,22,23). The Morgan fingerprint density at radius 3 is 2.52 bits per heavy atom. The Balaban J connectivity index is 1.60. The summed E-state index contributed by atoms with van der Waals surface area (Å²) in [6.07, 6.45) is 1.52. The number of nitrogens with zero attached hydrogens (tertiary/aromatic N) is 3. The van der Waals surface area contributed by atoms with Crippen molar-refractivity contribution in [3.63, 3.8) is 0 Å². The number of halogens is 3. The highest BCUT2D eigenvalue weighted by atomic mass is 35.5. The largest absolute Gasteiger partial charge is 0.383 e. The molecule has 2 aromatic heterocycles. The molecule has 1 fully saturated rings. The van der Waals surface area contributed by atoms with Gasteiger partial charge < -0.3 is 20.9 Å². The second-order valence-corrected chi connectivity index (χ2v) is 7.00. The average molecular weight is 404 g/mol. The van der Waals surface area contributed by atoms with Gasteiger partial charge in [-0.2, -0.15) is 0 Å². The number of amides is 1. The highest BCUT2D eigenvalue weighted by molar-refractivity contribution is 6.44. The summed E-state index contributed by atoms with van der Waals surface area (Å²) in [6.45, 7) is 3.20. The van der Waals surface area contributed by atoms with E-state index in [0.717, 1.165) is 25.9 Å². The van der Waals surface area contributed by atoms with Crippen LogP contribution in [0.15, 0.2) is 6.07 Å². The van der Waals surface area contributed by atoms with Crippen LogP contribution >= 0.6 is 34.8 Å². The number of anilines is 2. The number of nitrogens with two attached hydrogens (primary N) is 1. The molecule has 0 unspecified atom stereocenters. The molecular weight excluding hydrogens is 387 g/mol. The Kier molecular flexibility index (Phi) is 5.27. The predicted octanol–water partition coefficient (Wildman–Crippen LogP) is 3.05. The van der Waals surface area contributed by atoms with Gasteiger partial charge in [-0.15, -0.1) is 0 Å². The maximum Gasteiger partial charge on any atom is 0.269 e. The Morgan fingerprint density at radius 1 is 1.28 bits per heavy atom. The van der Waals surface area contributed by atoms with Gasteiger partial charge in [0.2, 0.25) is 5.28 Å². The third-order valence-electron chi connectivity index (χ3n) is 4.14. The number of nitrogens with one attached hydrogen (secondary N) is 2. The Morgan fingerprint density at radius 2 is 1.96 bits per heavy atom. The number of rotatable bonds is 3. The second kappa shape index (κ2) is 7.27. The van der Waals surface area contributed by atoms with Crippen molar-refractivity contribution in [1.29, 1.82) is 0 Å². The molecule has 0 bridgehead atoms. The molecule has 3 rings (SSSR count). The van der Waals surface area contributed by atoms with Crippen LogP contribution in [0, 0.1) is 6.92 Å². The van der Waals surface area contributed by atoms with E-state index in [1.165, 1.54) is 0 Å². The number of aryl methyl sites for hydroxylation is 1. The molecule has 10 heteroatoms. The van der Waals surface area contributed by atoms with Gasteiger partial charge in [-0.05, 0) is 31.4 Å². The van der Waals surface area contributed by atoms with Crippen molar-refractivity contribution in [3.8, 4) is 0 Å². The zero-order valence-corrected chi connectivity index (χ0v) is 15.7. The molecule has 1 aliphatic heterocycles. The normalized spacial score (nSPS) is 15.4. The fraction of sp³-hybridized carbons (Fsp3) is 0.400. The second-order valence-electron chi connectivity index (χ2n) is 5.91. The van der Waals surface area contributed by atoms with Crippen LogP contribution < -0.4 is 16.0 Å². The Hall–Kier alpha value is -1.70. The predicted molar refractivity (Wildman–Crippen MR) is 99.7 cm³/mol. The van der Waals surface area contributed by atoms with E-state index in [1.807, 2.05) is 0 Å². The molecule has 3 heterocycles. The Bertz CT molecular complexity index is 781. The van der Waals surface area contributed by atoms with E-state index in [0.29, 0.717) is 28.0 Å². The van der Waals surface area contributed by atoms with Gasteiger partial charge in [0, 0.05) is 30.9 Å². The molecule has 1 saturated heterocycles. The van der Waals surface area contributed by atoms with Crippen molar-refractivity contribution in [2.45, 2.75) is 25.8 Å². The lowest BCUT2D eigenvalue weighted by atomic mass is 10.0. The smallest absolute Gasteiger partial charge is 0.269 e. The minimum Gasteiger partial charge on any atom is -0.383 e. The van der Waals surface area contributed by atoms with E-state index in [9.17, 15) is 4.79 Å². The van der Waals surface area contributed by atoms with Gasteiger partial charge in [-0.25, -0.2) is 9.97 Å². The lowest BCUT2D eigenvalue weighted by Gasteiger charge is -2.33. The van der Waals surface area contributed by atoms with Gasteiger partial charge in [0.05, 0.1) is 10.0 Å². The molecule has 0 aliphatic carbocycles. The van der Waals surface area contributed by atoms with Crippen LogP contribution in [0.25, 0.3) is 0 Å². The summed E-state index contributed by atoms with van der Waals surface area (Å²) in [7, 11) is 0. The molecule has 0 aromatic carbocycles. The van der Waals surface area contributed by atoms with Gasteiger partial charge in [0.25, 0.3) is 5.91 Å². The van der Waals surface area contributed by atoms with Crippen molar-refractivity contribution in [2.24, 2.45) is 0 Å². The lowest BCUT2D eigenvalue weighted by molar-refractivity contribution is 0.0926. The van der Waals surface area contributed by atoms with Crippen molar-refractivity contribution in [3.05, 3.63) is 32.8 Å². The van der Waals surface area contributed by atoms with E-state index in [4.69, 9.17) is 40.5 Å². The van der Waals surface area contributed by atoms with Crippen LogP contribution in [0.2, 0.25) is 15.3 Å². The highest BCUT2D eigenvalue weighted by Gasteiger charge is 2.25. The fourth-order valence-electron chi connectivity index (χ4n) is 2.82. The molecule has 4 N–H and O–H groups in total. The minimum absolute atomic E-state index is 0.0388. The van der Waals surface area contributed by atoms with Crippen LogP contribution in [0.1, 0.15) is 29.0 Å². The number of nitrogen functional groups attached to an aromatic ring is 1. The summed E-state index contributed by atoms with van der Waals surface area (Å²) >= 11 is 18.0. The first-order chi connectivity index (χ1) is 11.8. The van der Waals surface area contributed by atoms with Gasteiger partial charge in [0.1, 0.15) is 17.3 Å². The maximum atomic E-state index is 12.4. The highest BCUT2D eigenvalue weighted by Crippen LogP contribution is 2.29. The van der Waals surface area contributed by atoms with Crippen molar-refractivity contribution < 1.29 is 4.79 Å². The average Bonchev–Trinajstić information content (AvgIpc) is 2.82. The van der Waals surface area contributed by atoms with E-state index < -0.39 is 0 Å². The summed E-state index contributed by atoms with van der Waals surface area (Å²) in [6, 6.07) is 1.73. The van der Waals surface area contributed by atoms with Crippen molar-refractivity contribution >= 4 is 52.3 Å². The first kappa shape index (κ1) is 18.1. The topological polar surface area (TPSA) is 99.9 Å². The van der Waals surface area contributed by atoms with Gasteiger partial charge in [0.15, 0.2) is 0 Å². The van der Waals surface area contributed by atoms with Crippen molar-refractivity contribution in [1.82, 2.24) is 20.3 Å². The SMILES string of the molecule is Cc1[nH]c(C(=O)NC2CCN(c3cc(N)nc(Cl)n3)CC2)c(Cl)c1Cl. The fourth-order valence-corrected chi connectivity index (χ4v) is 3.42. The molecule has 0 radical (unpaired) electrons. The maximum absolute atomic E-state index is 12.4. The molecule has 2 aromatic rings. The Labute approximate surface area is 159 Å². The van der Waals surface area contributed by atoms with Gasteiger partial charge in [-0.3, -0.25) is 4.79 Å². The zero-order valence-electron chi connectivity index (χ0n) is 13.4. The number of piperidine rings is 1. The van der Waals surface area contributed by atoms with Crippen LogP contribution in [0.4, 0.5) is 11.6 Å². The summed E-state index contributed by atoms with van der Waals surface area (Å²) in [5, 5.41) is 3.74. The molecule has 7 nitrogen and oxygen atoms in total. The molecular formula is C15H17Cl3N6O. The van der Waals surface area contributed by atoms with Crippen LogP contribution in [0.5, 0.6) is 0 Å². The molecule has 1 amide bonds. The number of carbonyl (C=O) groups is 1. The molecule has 25 heavy (non-hydrogen) atoms. The van der Waals surface area contributed by atoms with Crippen LogP contribution in [-0.2, 0) is 0 Å². The summed E-state index contributed by atoms with van der Waals surface area (Å²) in [5.41, 5.74) is 6.67. The number of H-pyrrole nitrogens is 1. The first-order valence-corrected chi connectivity index (χ1v) is 8.88. The molecule has 134 valence electrons. The first-order valence-electron chi connectivity index (χ1n) is 7.74. The van der Waals surface area contributed by atoms with Crippen LogP contribution in [-0.4, -0.2) is 40.0 Å². The van der Waals surface area contributed by atoms with Crippen LogP contribution in [0.3, 0.4) is 0 Å².